The molecule has 5 nitrogen and oxygen atoms in total. The first-order valence-corrected chi connectivity index (χ1v) is 7.11. The van der Waals surface area contributed by atoms with Crippen LogP contribution in [-0.4, -0.2) is 22.1 Å². The Bertz CT molecular complexity index is 662. The fourth-order valence-electron chi connectivity index (χ4n) is 2.04. The monoisotopic (exact) mass is 282 g/mol. The molecule has 1 saturated carbocycles. The van der Waals surface area contributed by atoms with Crippen molar-refractivity contribution in [1.82, 2.24) is 10.2 Å². The van der Waals surface area contributed by atoms with Gasteiger partial charge in [-0.15, -0.1) is 10.2 Å². The summed E-state index contributed by atoms with van der Waals surface area (Å²) >= 11 is 0. The number of aryl methyl sites for hydroxylation is 1. The molecule has 0 radical (unpaired) electrons. The van der Waals surface area contributed by atoms with Crippen LogP contribution in [0.1, 0.15) is 34.5 Å². The second-order valence-electron chi connectivity index (χ2n) is 5.42. The van der Waals surface area contributed by atoms with Crippen molar-refractivity contribution in [1.29, 1.82) is 0 Å². The van der Waals surface area contributed by atoms with Crippen LogP contribution in [0.3, 0.4) is 0 Å². The van der Waals surface area contributed by atoms with Crippen molar-refractivity contribution >= 4 is 17.4 Å². The number of carbonyl (C=O) groups is 1. The van der Waals surface area contributed by atoms with Crippen LogP contribution in [0.4, 0.5) is 11.5 Å². The molecule has 1 aromatic carbocycles. The minimum atomic E-state index is -0.242. The van der Waals surface area contributed by atoms with Crippen LogP contribution in [0, 0.1) is 13.8 Å². The molecule has 1 amide bonds. The molecule has 1 aliphatic carbocycles. The van der Waals surface area contributed by atoms with Crippen molar-refractivity contribution in [3.8, 4) is 0 Å². The maximum Gasteiger partial charge on any atom is 0.276 e. The summed E-state index contributed by atoms with van der Waals surface area (Å²) in [5.41, 5.74) is 3.33. The lowest BCUT2D eigenvalue weighted by atomic mass is 10.1. The quantitative estimate of drug-likeness (QED) is 0.904. The Hall–Kier alpha value is -2.43. The third-order valence-corrected chi connectivity index (χ3v) is 3.68. The highest BCUT2D eigenvalue weighted by Gasteiger charge is 2.21. The van der Waals surface area contributed by atoms with E-state index in [-0.39, 0.29) is 5.91 Å². The maximum atomic E-state index is 12.2. The van der Waals surface area contributed by atoms with Crippen molar-refractivity contribution in [2.75, 3.05) is 10.6 Å². The van der Waals surface area contributed by atoms with Crippen molar-refractivity contribution in [3.63, 3.8) is 0 Å². The highest BCUT2D eigenvalue weighted by molar-refractivity contribution is 6.03. The van der Waals surface area contributed by atoms with Crippen molar-refractivity contribution in [2.45, 2.75) is 32.7 Å². The average Bonchev–Trinajstić information content (AvgIpc) is 3.28. The molecule has 0 bridgehead atoms. The van der Waals surface area contributed by atoms with Crippen LogP contribution < -0.4 is 10.6 Å². The van der Waals surface area contributed by atoms with Crippen molar-refractivity contribution in [2.24, 2.45) is 0 Å². The molecule has 1 aliphatic rings. The van der Waals surface area contributed by atoms with Gasteiger partial charge in [-0.25, -0.2) is 0 Å². The van der Waals surface area contributed by atoms with Crippen LogP contribution in [-0.2, 0) is 0 Å². The van der Waals surface area contributed by atoms with E-state index in [0.29, 0.717) is 11.7 Å². The zero-order chi connectivity index (χ0) is 14.8. The fourth-order valence-corrected chi connectivity index (χ4v) is 2.04. The number of aromatic nitrogens is 2. The van der Waals surface area contributed by atoms with E-state index in [4.69, 9.17) is 0 Å². The van der Waals surface area contributed by atoms with Gasteiger partial charge in [0.1, 0.15) is 5.82 Å². The molecule has 108 valence electrons. The highest BCUT2D eigenvalue weighted by atomic mass is 16.1. The average molecular weight is 282 g/mol. The summed E-state index contributed by atoms with van der Waals surface area (Å²) in [5, 5.41) is 14.1. The minimum absolute atomic E-state index is 0.242. The van der Waals surface area contributed by atoms with E-state index in [2.05, 4.69) is 20.8 Å². The van der Waals surface area contributed by atoms with Crippen LogP contribution >= 0.6 is 0 Å². The lowest BCUT2D eigenvalue weighted by Gasteiger charge is -2.10. The minimum Gasteiger partial charge on any atom is -0.366 e. The van der Waals surface area contributed by atoms with Gasteiger partial charge in [0.25, 0.3) is 5.91 Å². The van der Waals surface area contributed by atoms with E-state index >= 15 is 0 Å². The normalized spacial score (nSPS) is 13.8. The first kappa shape index (κ1) is 13.5. The van der Waals surface area contributed by atoms with E-state index < -0.39 is 0 Å². The second kappa shape index (κ2) is 5.52. The number of rotatable bonds is 4. The number of amides is 1. The van der Waals surface area contributed by atoms with Gasteiger partial charge < -0.3 is 10.6 Å². The van der Waals surface area contributed by atoms with Gasteiger partial charge in [-0.1, -0.05) is 12.1 Å². The molecular formula is C16H18N4O. The second-order valence-corrected chi connectivity index (χ2v) is 5.42. The molecule has 2 aromatic rings. The molecule has 0 unspecified atom stereocenters. The molecule has 0 saturated heterocycles. The van der Waals surface area contributed by atoms with Crippen LogP contribution in [0.15, 0.2) is 30.3 Å². The molecular weight excluding hydrogens is 264 g/mol. The topological polar surface area (TPSA) is 66.9 Å². The smallest absolute Gasteiger partial charge is 0.276 e. The number of benzene rings is 1. The van der Waals surface area contributed by atoms with Gasteiger partial charge >= 0.3 is 0 Å². The van der Waals surface area contributed by atoms with E-state index in [1.807, 2.05) is 32.0 Å². The SMILES string of the molecule is Cc1cccc(NC(=O)c2ccc(NC3CC3)nn2)c1C. The molecule has 2 N–H and O–H groups in total. The number of anilines is 2. The predicted molar refractivity (Wildman–Crippen MR) is 82.5 cm³/mol. The first-order chi connectivity index (χ1) is 10.1. The Labute approximate surface area is 123 Å². The Kier molecular flexibility index (Phi) is 3.56. The van der Waals surface area contributed by atoms with Crippen LogP contribution in [0.25, 0.3) is 0 Å². The van der Waals surface area contributed by atoms with Crippen LogP contribution in [0.5, 0.6) is 0 Å². The van der Waals surface area contributed by atoms with Gasteiger partial charge in [0, 0.05) is 11.7 Å². The molecule has 5 heteroatoms. The number of nitrogens with one attached hydrogen (secondary N) is 2. The number of hydrogen-bond acceptors (Lipinski definition) is 4. The fraction of sp³-hybridized carbons (Fsp3) is 0.312. The van der Waals surface area contributed by atoms with E-state index in [1.54, 1.807) is 12.1 Å². The number of nitrogens with zero attached hydrogens (tertiary/aromatic N) is 2. The summed E-state index contributed by atoms with van der Waals surface area (Å²) < 4.78 is 0. The zero-order valence-electron chi connectivity index (χ0n) is 12.2. The third-order valence-electron chi connectivity index (χ3n) is 3.68. The molecule has 1 fully saturated rings. The first-order valence-electron chi connectivity index (χ1n) is 7.11. The summed E-state index contributed by atoms with van der Waals surface area (Å²) in [5.74, 6) is 0.481. The van der Waals surface area contributed by atoms with Gasteiger partial charge in [0.05, 0.1) is 0 Å². The standard InChI is InChI=1S/C16H18N4O/c1-10-4-3-5-13(11(10)2)18-16(21)14-8-9-15(20-19-14)17-12-6-7-12/h3-5,8-9,12H,6-7H2,1-2H3,(H,17,20)(H,18,21). The largest absolute Gasteiger partial charge is 0.366 e. The molecule has 3 rings (SSSR count). The predicted octanol–water partition coefficient (Wildman–Crippen LogP) is 2.92. The summed E-state index contributed by atoms with van der Waals surface area (Å²) in [4.78, 5) is 12.2. The summed E-state index contributed by atoms with van der Waals surface area (Å²) in [6.07, 6.45) is 2.35. The Balaban J connectivity index is 1.70. The molecule has 0 aliphatic heterocycles. The summed E-state index contributed by atoms with van der Waals surface area (Å²) in [6.45, 7) is 4.00. The molecule has 0 spiro atoms. The molecule has 1 aromatic heterocycles. The van der Waals surface area contributed by atoms with Crippen molar-refractivity contribution < 1.29 is 4.79 Å². The molecule has 1 heterocycles. The summed E-state index contributed by atoms with van der Waals surface area (Å²) in [6, 6.07) is 9.84. The lowest BCUT2D eigenvalue weighted by molar-refractivity contribution is 0.102. The van der Waals surface area contributed by atoms with Gasteiger partial charge in [0.15, 0.2) is 5.69 Å². The Morgan fingerprint density at radius 1 is 1.14 bits per heavy atom. The highest BCUT2D eigenvalue weighted by Crippen LogP contribution is 2.23. The third kappa shape index (κ3) is 3.18. The summed E-state index contributed by atoms with van der Waals surface area (Å²) in [7, 11) is 0. The van der Waals surface area contributed by atoms with E-state index in [1.165, 1.54) is 12.8 Å². The Morgan fingerprint density at radius 3 is 2.62 bits per heavy atom. The lowest BCUT2D eigenvalue weighted by Crippen LogP contribution is -2.16. The Morgan fingerprint density at radius 2 is 1.95 bits per heavy atom. The maximum absolute atomic E-state index is 12.2. The number of carbonyl (C=O) groups excluding carboxylic acids is 1. The zero-order valence-corrected chi connectivity index (χ0v) is 12.2. The van der Waals surface area contributed by atoms with Gasteiger partial charge in [-0.2, -0.15) is 0 Å². The van der Waals surface area contributed by atoms with Gasteiger partial charge in [0.2, 0.25) is 0 Å². The van der Waals surface area contributed by atoms with Crippen LogP contribution in [0.2, 0.25) is 0 Å². The number of hydrogen-bond donors (Lipinski definition) is 2. The molecule has 21 heavy (non-hydrogen) atoms. The van der Waals surface area contributed by atoms with E-state index in [0.717, 1.165) is 22.6 Å². The van der Waals surface area contributed by atoms with E-state index in [9.17, 15) is 4.79 Å². The van der Waals surface area contributed by atoms with Crippen molar-refractivity contribution in [3.05, 3.63) is 47.2 Å². The molecule has 0 atom stereocenters. The van der Waals surface area contributed by atoms with Gasteiger partial charge in [-0.05, 0) is 56.0 Å². The van der Waals surface area contributed by atoms with Gasteiger partial charge in [-0.3, -0.25) is 4.79 Å².